The molecule has 0 N–H and O–H groups in total. The Hall–Kier alpha value is -4.24. The van der Waals surface area contributed by atoms with Crippen LogP contribution in [0.5, 0.6) is 0 Å². The maximum Gasteiger partial charge on any atom is 0.252 e. The molecule has 210 valence electrons. The van der Waals surface area contributed by atoms with Gasteiger partial charge in [-0.05, 0) is 114 Å². The Morgan fingerprint density at radius 2 is 0.953 bits per heavy atom. The van der Waals surface area contributed by atoms with Crippen LogP contribution in [-0.2, 0) is 0 Å². The number of para-hydroxylation sites is 3. The van der Waals surface area contributed by atoms with Gasteiger partial charge in [0.05, 0.1) is 0 Å². The predicted octanol–water partition coefficient (Wildman–Crippen LogP) is 9.08. The molecule has 5 aromatic rings. The molecule has 0 saturated heterocycles. The lowest BCUT2D eigenvalue weighted by Gasteiger charge is -2.45. The van der Waals surface area contributed by atoms with Crippen LogP contribution in [0.25, 0.3) is 0 Å². The molecule has 5 aromatic carbocycles. The van der Waals surface area contributed by atoms with Gasteiger partial charge in [0.2, 0.25) is 0 Å². The second kappa shape index (κ2) is 10.2. The van der Waals surface area contributed by atoms with Gasteiger partial charge in [-0.3, -0.25) is 0 Å². The lowest BCUT2D eigenvalue weighted by molar-refractivity contribution is 0.420. The molecule has 0 amide bonds. The fraction of sp³-hybridized carbons (Fsp3) is 0.250. The lowest BCUT2D eigenvalue weighted by atomic mass is 9.33. The van der Waals surface area contributed by atoms with Crippen molar-refractivity contribution in [2.45, 2.75) is 63.2 Å². The first-order valence-corrected chi connectivity index (χ1v) is 16.5. The summed E-state index contributed by atoms with van der Waals surface area (Å²) in [5.74, 6) is 1.36. The van der Waals surface area contributed by atoms with Crippen molar-refractivity contribution >= 4 is 57.2 Å². The second-order valence-corrected chi connectivity index (χ2v) is 13.1. The summed E-state index contributed by atoms with van der Waals surface area (Å²) < 4.78 is 0. The number of anilines is 6. The van der Waals surface area contributed by atoms with Crippen LogP contribution in [0.15, 0.2) is 115 Å². The highest BCUT2D eigenvalue weighted by atomic mass is 15.2. The zero-order valence-corrected chi connectivity index (χ0v) is 24.8. The molecule has 43 heavy (non-hydrogen) atoms. The van der Waals surface area contributed by atoms with E-state index in [0.717, 1.165) is 5.92 Å². The minimum atomic E-state index is 0.197. The van der Waals surface area contributed by atoms with Gasteiger partial charge in [0.1, 0.15) is 0 Å². The molecule has 2 saturated carbocycles. The van der Waals surface area contributed by atoms with Gasteiger partial charge in [0.15, 0.2) is 0 Å². The summed E-state index contributed by atoms with van der Waals surface area (Å²) in [4.78, 5) is 5.13. The van der Waals surface area contributed by atoms with Gasteiger partial charge in [0, 0.05) is 34.1 Å². The quantitative estimate of drug-likeness (QED) is 0.200. The third kappa shape index (κ3) is 4.01. The van der Waals surface area contributed by atoms with Gasteiger partial charge in [-0.1, -0.05) is 92.4 Å². The Kier molecular flexibility index (Phi) is 5.99. The SMILES string of the molecule is c1ccc(N2c3ccccc3B3c4ccccc4N(c4ccc(C5CCC5)cc4)c4cc(C5CCCCC5)cc2c43)cc1. The normalized spacial score (nSPS) is 17.6. The topological polar surface area (TPSA) is 6.48 Å². The fourth-order valence-corrected chi connectivity index (χ4v) is 8.36. The van der Waals surface area contributed by atoms with Crippen molar-refractivity contribution in [3.8, 4) is 0 Å². The number of fused-ring (bicyclic) bond motifs is 4. The maximum absolute atomic E-state index is 2.58. The molecule has 2 fully saturated rings. The number of benzene rings is 5. The Labute approximate surface area is 256 Å². The molecular weight excluding hydrogens is 519 g/mol. The van der Waals surface area contributed by atoms with Gasteiger partial charge in [-0.2, -0.15) is 0 Å². The molecule has 0 bridgehead atoms. The average Bonchev–Trinajstić information content (AvgIpc) is 3.05. The van der Waals surface area contributed by atoms with E-state index in [-0.39, 0.29) is 6.71 Å². The van der Waals surface area contributed by atoms with E-state index in [9.17, 15) is 0 Å². The number of hydrogen-bond acceptors (Lipinski definition) is 2. The van der Waals surface area contributed by atoms with Gasteiger partial charge >= 0.3 is 0 Å². The molecule has 3 heteroatoms. The smallest absolute Gasteiger partial charge is 0.252 e. The first-order chi connectivity index (χ1) is 21.3. The Morgan fingerprint density at radius 1 is 0.442 bits per heavy atom. The highest BCUT2D eigenvalue weighted by molar-refractivity contribution is 7.00. The van der Waals surface area contributed by atoms with Gasteiger partial charge in [-0.15, -0.1) is 0 Å². The second-order valence-electron chi connectivity index (χ2n) is 13.1. The average molecular weight is 557 g/mol. The summed E-state index contributed by atoms with van der Waals surface area (Å²) in [5.41, 5.74) is 15.0. The van der Waals surface area contributed by atoms with Gasteiger partial charge in [0.25, 0.3) is 6.71 Å². The molecule has 2 nitrogen and oxygen atoms in total. The molecule has 0 radical (unpaired) electrons. The molecule has 0 unspecified atom stereocenters. The molecule has 0 atom stereocenters. The van der Waals surface area contributed by atoms with Gasteiger partial charge < -0.3 is 9.80 Å². The van der Waals surface area contributed by atoms with E-state index in [2.05, 4.69) is 125 Å². The molecule has 2 aliphatic carbocycles. The van der Waals surface area contributed by atoms with Crippen molar-refractivity contribution in [2.75, 3.05) is 9.80 Å². The zero-order valence-electron chi connectivity index (χ0n) is 24.8. The monoisotopic (exact) mass is 556 g/mol. The molecular formula is C40H37BN2. The van der Waals surface area contributed by atoms with Crippen molar-refractivity contribution in [1.82, 2.24) is 0 Å². The van der Waals surface area contributed by atoms with Crippen molar-refractivity contribution in [3.63, 3.8) is 0 Å². The third-order valence-corrected chi connectivity index (χ3v) is 10.7. The molecule has 0 aromatic heterocycles. The summed E-state index contributed by atoms with van der Waals surface area (Å²) in [6.07, 6.45) is 10.6. The van der Waals surface area contributed by atoms with E-state index in [1.165, 1.54) is 113 Å². The molecule has 2 aliphatic heterocycles. The van der Waals surface area contributed by atoms with Crippen LogP contribution in [0.1, 0.15) is 74.3 Å². The number of nitrogens with zero attached hydrogens (tertiary/aromatic N) is 2. The summed E-state index contributed by atoms with van der Waals surface area (Å²) in [7, 11) is 0. The van der Waals surface area contributed by atoms with E-state index in [1.54, 1.807) is 0 Å². The minimum absolute atomic E-state index is 0.197. The molecule has 2 heterocycles. The Balaban J connectivity index is 1.32. The van der Waals surface area contributed by atoms with Crippen molar-refractivity contribution in [3.05, 3.63) is 126 Å². The van der Waals surface area contributed by atoms with Gasteiger partial charge in [-0.25, -0.2) is 0 Å². The van der Waals surface area contributed by atoms with E-state index in [4.69, 9.17) is 0 Å². The summed E-state index contributed by atoms with van der Waals surface area (Å²) >= 11 is 0. The van der Waals surface area contributed by atoms with Crippen LogP contribution in [0.2, 0.25) is 0 Å². The van der Waals surface area contributed by atoms with E-state index >= 15 is 0 Å². The molecule has 0 spiro atoms. The van der Waals surface area contributed by atoms with Crippen molar-refractivity contribution < 1.29 is 0 Å². The largest absolute Gasteiger partial charge is 0.311 e. The first-order valence-electron chi connectivity index (χ1n) is 16.5. The Bertz CT molecular complexity index is 1800. The first kappa shape index (κ1) is 25.3. The van der Waals surface area contributed by atoms with Crippen LogP contribution < -0.4 is 26.2 Å². The summed E-state index contributed by atoms with van der Waals surface area (Å²) in [6.45, 7) is 0.197. The molecule has 9 rings (SSSR count). The predicted molar refractivity (Wildman–Crippen MR) is 183 cm³/mol. The number of rotatable bonds is 4. The minimum Gasteiger partial charge on any atom is -0.311 e. The van der Waals surface area contributed by atoms with Crippen LogP contribution in [0, 0.1) is 0 Å². The summed E-state index contributed by atoms with van der Waals surface area (Å²) in [6, 6.07) is 44.0. The van der Waals surface area contributed by atoms with E-state index in [0.29, 0.717) is 5.92 Å². The number of hydrogen-bond donors (Lipinski definition) is 0. The fourth-order valence-electron chi connectivity index (χ4n) is 8.36. The van der Waals surface area contributed by atoms with Crippen molar-refractivity contribution in [1.29, 1.82) is 0 Å². The van der Waals surface area contributed by atoms with Crippen LogP contribution in [-0.4, -0.2) is 6.71 Å². The Morgan fingerprint density at radius 3 is 1.53 bits per heavy atom. The highest BCUT2D eigenvalue weighted by Crippen LogP contribution is 2.47. The zero-order chi connectivity index (χ0) is 28.3. The molecule has 4 aliphatic rings. The van der Waals surface area contributed by atoms with Crippen LogP contribution in [0.4, 0.5) is 34.1 Å². The lowest BCUT2D eigenvalue weighted by Crippen LogP contribution is -2.61. The third-order valence-electron chi connectivity index (χ3n) is 10.7. The van der Waals surface area contributed by atoms with Crippen LogP contribution >= 0.6 is 0 Å². The standard InChI is InChI=1S/C40H37BN2/c1-3-12-29(13-4-1)31-26-38-40-39(27-31)43(33-24-22-30(23-25-33)28-14-11-15-28)37-21-10-8-19-35(37)41(40)34-18-7-9-20-36(34)42(38)32-16-5-2-6-17-32/h2,5-10,16-29H,1,3-4,11-15H2. The highest BCUT2D eigenvalue weighted by Gasteiger charge is 2.43. The summed E-state index contributed by atoms with van der Waals surface area (Å²) in [5, 5.41) is 0. The van der Waals surface area contributed by atoms with Crippen molar-refractivity contribution in [2.24, 2.45) is 0 Å². The van der Waals surface area contributed by atoms with Crippen LogP contribution in [0.3, 0.4) is 0 Å². The van der Waals surface area contributed by atoms with E-state index < -0.39 is 0 Å². The maximum atomic E-state index is 2.58. The van der Waals surface area contributed by atoms with E-state index in [1.807, 2.05) is 0 Å².